The molecule has 0 aliphatic rings. The Bertz CT molecular complexity index is 474. The fourth-order valence-corrected chi connectivity index (χ4v) is 2.53. The van der Waals surface area contributed by atoms with Crippen molar-refractivity contribution >= 4 is 11.3 Å². The molecule has 0 bridgehead atoms. The van der Waals surface area contributed by atoms with E-state index in [0.717, 1.165) is 30.8 Å². The van der Waals surface area contributed by atoms with Gasteiger partial charge in [-0.1, -0.05) is 6.92 Å². The number of aromatic nitrogens is 3. The first-order chi connectivity index (χ1) is 8.20. The first-order valence-electron chi connectivity index (χ1n) is 5.87. The van der Waals surface area contributed by atoms with Crippen LogP contribution >= 0.6 is 11.3 Å². The fraction of sp³-hybridized carbons (Fsp3) is 0.500. The first kappa shape index (κ1) is 12.3. The van der Waals surface area contributed by atoms with Crippen LogP contribution in [-0.4, -0.2) is 14.5 Å². The van der Waals surface area contributed by atoms with E-state index in [9.17, 15) is 0 Å². The summed E-state index contributed by atoms with van der Waals surface area (Å²) in [7, 11) is 0. The molecule has 0 spiro atoms. The number of rotatable bonds is 5. The van der Waals surface area contributed by atoms with E-state index in [1.54, 1.807) is 11.3 Å². The SMILES string of the molecule is CC[C@@H](N)c1cncn1CCc1nc(C)cs1. The van der Waals surface area contributed by atoms with Crippen LogP contribution in [0.1, 0.15) is 35.8 Å². The molecule has 92 valence electrons. The van der Waals surface area contributed by atoms with Crippen molar-refractivity contribution in [3.63, 3.8) is 0 Å². The summed E-state index contributed by atoms with van der Waals surface area (Å²) in [6.07, 6.45) is 5.59. The van der Waals surface area contributed by atoms with Gasteiger partial charge in [0, 0.05) is 36.3 Å². The van der Waals surface area contributed by atoms with Gasteiger partial charge in [-0.2, -0.15) is 0 Å². The highest BCUT2D eigenvalue weighted by molar-refractivity contribution is 7.09. The monoisotopic (exact) mass is 250 g/mol. The molecule has 0 amide bonds. The van der Waals surface area contributed by atoms with E-state index in [1.165, 1.54) is 5.01 Å². The zero-order chi connectivity index (χ0) is 12.3. The van der Waals surface area contributed by atoms with E-state index >= 15 is 0 Å². The molecule has 2 aromatic heterocycles. The van der Waals surface area contributed by atoms with E-state index in [0.29, 0.717) is 0 Å². The highest BCUT2D eigenvalue weighted by atomic mass is 32.1. The summed E-state index contributed by atoms with van der Waals surface area (Å²) in [5.41, 5.74) is 8.25. The second kappa shape index (κ2) is 5.42. The van der Waals surface area contributed by atoms with Crippen LogP contribution in [0, 0.1) is 6.92 Å². The summed E-state index contributed by atoms with van der Waals surface area (Å²) in [6, 6.07) is 0.0792. The van der Waals surface area contributed by atoms with Gasteiger partial charge in [0.1, 0.15) is 0 Å². The van der Waals surface area contributed by atoms with Gasteiger partial charge in [-0.3, -0.25) is 0 Å². The predicted molar refractivity (Wildman–Crippen MR) is 70.0 cm³/mol. The van der Waals surface area contributed by atoms with Crippen LogP contribution in [0.25, 0.3) is 0 Å². The largest absolute Gasteiger partial charge is 0.333 e. The van der Waals surface area contributed by atoms with Crippen molar-refractivity contribution in [2.75, 3.05) is 0 Å². The fourth-order valence-electron chi connectivity index (χ4n) is 1.77. The standard InChI is InChI=1S/C12H18N4S/c1-3-10(13)11-6-14-8-16(11)5-4-12-15-9(2)7-17-12/h6-8,10H,3-5,13H2,1-2H3/t10-/m1/s1. The Morgan fingerprint density at radius 2 is 2.35 bits per heavy atom. The molecule has 0 radical (unpaired) electrons. The third-order valence-corrected chi connectivity index (χ3v) is 3.82. The summed E-state index contributed by atoms with van der Waals surface area (Å²) in [4.78, 5) is 8.63. The number of thiazole rings is 1. The van der Waals surface area contributed by atoms with Gasteiger partial charge < -0.3 is 10.3 Å². The van der Waals surface area contributed by atoms with Gasteiger partial charge in [0.25, 0.3) is 0 Å². The average molecular weight is 250 g/mol. The zero-order valence-corrected chi connectivity index (χ0v) is 11.1. The van der Waals surface area contributed by atoms with Crippen LogP contribution in [-0.2, 0) is 13.0 Å². The molecule has 0 aliphatic carbocycles. The number of hydrogen-bond donors (Lipinski definition) is 1. The molecule has 2 aromatic rings. The topological polar surface area (TPSA) is 56.7 Å². The molecule has 0 aromatic carbocycles. The molecule has 2 heterocycles. The summed E-state index contributed by atoms with van der Waals surface area (Å²) in [5, 5.41) is 3.26. The Morgan fingerprint density at radius 3 is 3.00 bits per heavy atom. The lowest BCUT2D eigenvalue weighted by Gasteiger charge is -2.12. The minimum atomic E-state index is 0.0792. The van der Waals surface area contributed by atoms with Crippen LogP contribution in [0.5, 0.6) is 0 Å². The molecule has 2 rings (SSSR count). The van der Waals surface area contributed by atoms with Gasteiger partial charge in [-0.05, 0) is 13.3 Å². The first-order valence-corrected chi connectivity index (χ1v) is 6.75. The average Bonchev–Trinajstić information content (AvgIpc) is 2.94. The molecule has 5 heteroatoms. The molecule has 1 atom stereocenters. The van der Waals surface area contributed by atoms with Crippen LogP contribution in [0.15, 0.2) is 17.9 Å². The van der Waals surface area contributed by atoms with E-state index < -0.39 is 0 Å². The van der Waals surface area contributed by atoms with E-state index in [-0.39, 0.29) is 6.04 Å². The van der Waals surface area contributed by atoms with Crippen molar-refractivity contribution < 1.29 is 0 Å². The quantitative estimate of drug-likeness (QED) is 0.886. The normalized spacial score (nSPS) is 12.9. The zero-order valence-electron chi connectivity index (χ0n) is 10.3. The Kier molecular flexibility index (Phi) is 3.91. The van der Waals surface area contributed by atoms with E-state index in [2.05, 4.69) is 26.8 Å². The molecule has 17 heavy (non-hydrogen) atoms. The van der Waals surface area contributed by atoms with Crippen molar-refractivity contribution in [3.05, 3.63) is 34.3 Å². The lowest BCUT2D eigenvalue weighted by Crippen LogP contribution is -2.15. The van der Waals surface area contributed by atoms with Gasteiger partial charge in [-0.25, -0.2) is 9.97 Å². The van der Waals surface area contributed by atoms with E-state index in [4.69, 9.17) is 5.73 Å². The lowest BCUT2D eigenvalue weighted by molar-refractivity contribution is 0.588. The third-order valence-electron chi connectivity index (χ3n) is 2.80. The maximum atomic E-state index is 6.04. The van der Waals surface area contributed by atoms with Crippen molar-refractivity contribution in [1.29, 1.82) is 0 Å². The molecule has 0 saturated heterocycles. The van der Waals surface area contributed by atoms with Crippen LogP contribution < -0.4 is 5.73 Å². The molecule has 2 N–H and O–H groups in total. The van der Waals surface area contributed by atoms with Crippen molar-refractivity contribution in [1.82, 2.24) is 14.5 Å². The van der Waals surface area contributed by atoms with E-state index in [1.807, 2.05) is 19.4 Å². The molecular weight excluding hydrogens is 232 g/mol. The third kappa shape index (κ3) is 2.92. The Balaban J connectivity index is 2.01. The molecule has 0 unspecified atom stereocenters. The molecule has 4 nitrogen and oxygen atoms in total. The van der Waals surface area contributed by atoms with Gasteiger partial charge >= 0.3 is 0 Å². The molecule has 0 aliphatic heterocycles. The smallest absolute Gasteiger partial charge is 0.0948 e. The summed E-state index contributed by atoms with van der Waals surface area (Å²) in [5.74, 6) is 0. The summed E-state index contributed by atoms with van der Waals surface area (Å²) in [6.45, 7) is 5.01. The van der Waals surface area contributed by atoms with Gasteiger partial charge in [-0.15, -0.1) is 11.3 Å². The molecule has 0 fully saturated rings. The Labute approximate surface area is 106 Å². The number of nitrogens with two attached hydrogens (primary N) is 1. The van der Waals surface area contributed by atoms with Crippen LogP contribution in [0.2, 0.25) is 0 Å². The predicted octanol–water partition coefficient (Wildman–Crippen LogP) is 2.30. The number of nitrogens with zero attached hydrogens (tertiary/aromatic N) is 3. The van der Waals surface area contributed by atoms with Gasteiger partial charge in [0.15, 0.2) is 0 Å². The second-order valence-electron chi connectivity index (χ2n) is 4.16. The Morgan fingerprint density at radius 1 is 1.53 bits per heavy atom. The maximum Gasteiger partial charge on any atom is 0.0948 e. The second-order valence-corrected chi connectivity index (χ2v) is 5.10. The minimum absolute atomic E-state index is 0.0792. The maximum absolute atomic E-state index is 6.04. The Hall–Kier alpha value is -1.20. The highest BCUT2D eigenvalue weighted by Crippen LogP contribution is 2.15. The van der Waals surface area contributed by atoms with Crippen molar-refractivity contribution in [2.45, 2.75) is 39.3 Å². The van der Waals surface area contributed by atoms with Crippen LogP contribution in [0.3, 0.4) is 0 Å². The van der Waals surface area contributed by atoms with Crippen LogP contribution in [0.4, 0.5) is 0 Å². The number of hydrogen-bond acceptors (Lipinski definition) is 4. The van der Waals surface area contributed by atoms with Gasteiger partial charge in [0.05, 0.1) is 17.0 Å². The number of imidazole rings is 1. The summed E-state index contributed by atoms with van der Waals surface area (Å²) < 4.78 is 2.13. The minimum Gasteiger partial charge on any atom is -0.333 e. The molecule has 0 saturated carbocycles. The van der Waals surface area contributed by atoms with Crippen molar-refractivity contribution in [3.8, 4) is 0 Å². The van der Waals surface area contributed by atoms with Crippen molar-refractivity contribution in [2.24, 2.45) is 5.73 Å². The lowest BCUT2D eigenvalue weighted by atomic mass is 10.2. The highest BCUT2D eigenvalue weighted by Gasteiger charge is 2.09. The molecular formula is C12H18N4S. The van der Waals surface area contributed by atoms with Gasteiger partial charge in [0.2, 0.25) is 0 Å². The summed E-state index contributed by atoms with van der Waals surface area (Å²) >= 11 is 1.72. The number of aryl methyl sites for hydroxylation is 3.